The first-order chi connectivity index (χ1) is 11.4. The molecule has 0 aliphatic carbocycles. The Balaban J connectivity index is 2.24. The molecule has 0 aromatic heterocycles. The Kier molecular flexibility index (Phi) is 6.01. The fraction of sp³-hybridized carbons (Fsp3) is 0.267. The maximum atomic E-state index is 11.6. The van der Waals surface area contributed by atoms with Gasteiger partial charge in [-0.2, -0.15) is 0 Å². The second-order valence-electron chi connectivity index (χ2n) is 4.59. The van der Waals surface area contributed by atoms with Crippen molar-refractivity contribution in [3.05, 3.63) is 27.0 Å². The lowest BCUT2D eigenvalue weighted by Gasteiger charge is -2.13. The van der Waals surface area contributed by atoms with E-state index in [0.717, 1.165) is 0 Å². The van der Waals surface area contributed by atoms with Gasteiger partial charge in [0.05, 0.1) is 17.3 Å². The van der Waals surface area contributed by atoms with E-state index in [4.69, 9.17) is 14.2 Å². The number of hydrogen-bond donors (Lipinski definition) is 2. The Labute approximate surface area is 151 Å². The summed E-state index contributed by atoms with van der Waals surface area (Å²) in [6.07, 6.45) is 1.51. The number of benzene rings is 1. The summed E-state index contributed by atoms with van der Waals surface area (Å²) in [6.45, 7) is 1.75. The highest BCUT2D eigenvalue weighted by molar-refractivity contribution is 14.1. The predicted molar refractivity (Wildman–Crippen MR) is 92.5 cm³/mol. The average molecular weight is 446 g/mol. The van der Waals surface area contributed by atoms with Crippen LogP contribution in [0.2, 0.25) is 0 Å². The van der Waals surface area contributed by atoms with Crippen molar-refractivity contribution in [2.45, 2.75) is 6.92 Å². The third-order valence-corrected chi connectivity index (χ3v) is 3.72. The Hall–Kier alpha value is -2.30. The molecule has 0 unspecified atom stereocenters. The van der Waals surface area contributed by atoms with Gasteiger partial charge in [-0.1, -0.05) is 0 Å². The van der Waals surface area contributed by atoms with Gasteiger partial charge in [0.25, 0.3) is 5.91 Å². The topological polar surface area (TPSA) is 103 Å². The van der Waals surface area contributed by atoms with Crippen LogP contribution >= 0.6 is 22.6 Å². The molecule has 2 rings (SSSR count). The van der Waals surface area contributed by atoms with Crippen molar-refractivity contribution >= 4 is 46.6 Å². The van der Waals surface area contributed by atoms with E-state index in [9.17, 15) is 14.4 Å². The van der Waals surface area contributed by atoms with Crippen molar-refractivity contribution in [2.24, 2.45) is 0 Å². The maximum Gasteiger partial charge on any atom is 0.344 e. The van der Waals surface area contributed by atoms with E-state index in [2.05, 4.69) is 10.6 Å². The molecule has 1 saturated heterocycles. The van der Waals surface area contributed by atoms with Crippen molar-refractivity contribution in [1.82, 2.24) is 10.6 Å². The quantitative estimate of drug-likeness (QED) is 0.297. The molecular weight excluding hydrogens is 431 g/mol. The zero-order valence-corrected chi connectivity index (χ0v) is 15.1. The molecule has 24 heavy (non-hydrogen) atoms. The molecule has 8 nitrogen and oxygen atoms in total. The minimum Gasteiger partial charge on any atom is -0.493 e. The number of urea groups is 1. The van der Waals surface area contributed by atoms with Crippen LogP contribution in [-0.4, -0.2) is 38.2 Å². The smallest absolute Gasteiger partial charge is 0.344 e. The first-order valence-corrected chi connectivity index (χ1v) is 8.02. The number of methoxy groups -OCH3 is 1. The van der Waals surface area contributed by atoms with Gasteiger partial charge in [-0.05, 0) is 53.3 Å². The van der Waals surface area contributed by atoms with Crippen LogP contribution in [0.25, 0.3) is 6.08 Å². The predicted octanol–water partition coefficient (Wildman–Crippen LogP) is 1.42. The molecule has 1 fully saturated rings. The number of halogens is 1. The largest absolute Gasteiger partial charge is 0.493 e. The zero-order chi connectivity index (χ0) is 17.7. The van der Waals surface area contributed by atoms with Crippen LogP contribution in [-0.2, 0) is 14.3 Å². The van der Waals surface area contributed by atoms with Crippen LogP contribution in [0.15, 0.2) is 17.8 Å². The normalized spacial score (nSPS) is 15.0. The van der Waals surface area contributed by atoms with E-state index >= 15 is 0 Å². The molecule has 1 heterocycles. The Morgan fingerprint density at radius 1 is 1.29 bits per heavy atom. The van der Waals surface area contributed by atoms with Crippen LogP contribution in [0.3, 0.4) is 0 Å². The van der Waals surface area contributed by atoms with Gasteiger partial charge in [-0.25, -0.2) is 9.59 Å². The van der Waals surface area contributed by atoms with E-state index < -0.39 is 17.9 Å². The second kappa shape index (κ2) is 7.99. The lowest BCUT2D eigenvalue weighted by molar-refractivity contribution is -0.145. The molecule has 9 heteroatoms. The summed E-state index contributed by atoms with van der Waals surface area (Å²) in [7, 11) is 1.46. The number of nitrogens with one attached hydrogen (secondary N) is 2. The number of carbonyl (C=O) groups is 3. The summed E-state index contributed by atoms with van der Waals surface area (Å²) in [4.78, 5) is 34.1. The summed E-state index contributed by atoms with van der Waals surface area (Å²) < 4.78 is 16.2. The van der Waals surface area contributed by atoms with Gasteiger partial charge in [0.2, 0.25) is 0 Å². The van der Waals surface area contributed by atoms with Crippen LogP contribution in [0.5, 0.6) is 11.5 Å². The second-order valence-corrected chi connectivity index (χ2v) is 5.76. The molecule has 0 radical (unpaired) electrons. The Bertz CT molecular complexity index is 716. The lowest BCUT2D eigenvalue weighted by Crippen LogP contribution is -2.22. The van der Waals surface area contributed by atoms with Gasteiger partial charge in [0, 0.05) is 0 Å². The van der Waals surface area contributed by atoms with Gasteiger partial charge in [-0.3, -0.25) is 10.1 Å². The fourth-order valence-corrected chi connectivity index (χ4v) is 2.73. The van der Waals surface area contributed by atoms with Gasteiger partial charge in [-0.15, -0.1) is 0 Å². The molecule has 1 aliphatic rings. The summed E-state index contributed by atoms with van der Waals surface area (Å²) in [6, 6.07) is 2.80. The standard InChI is InChI=1S/C15H15IN2O6/c1-3-23-12(19)7-24-13-9(16)4-8(6-11(13)22-2)5-10-14(20)18-15(21)17-10/h4-6H,3,7H2,1-2H3,(H2,17,18,20,21)/b10-5-. The third kappa shape index (κ3) is 4.37. The molecule has 3 amide bonds. The van der Waals surface area contributed by atoms with Crippen molar-refractivity contribution in [3.63, 3.8) is 0 Å². The van der Waals surface area contributed by atoms with Crippen molar-refractivity contribution in [3.8, 4) is 11.5 Å². The first kappa shape index (κ1) is 18.0. The van der Waals surface area contributed by atoms with Gasteiger partial charge in [0.1, 0.15) is 5.70 Å². The van der Waals surface area contributed by atoms with Crippen LogP contribution in [0.4, 0.5) is 4.79 Å². The summed E-state index contributed by atoms with van der Waals surface area (Å²) in [5, 5.41) is 4.52. The molecule has 0 saturated carbocycles. The average Bonchev–Trinajstić information content (AvgIpc) is 2.83. The van der Waals surface area contributed by atoms with E-state index in [1.807, 2.05) is 22.6 Å². The highest BCUT2D eigenvalue weighted by Crippen LogP contribution is 2.34. The lowest BCUT2D eigenvalue weighted by atomic mass is 10.1. The monoisotopic (exact) mass is 446 g/mol. The Morgan fingerprint density at radius 2 is 2.04 bits per heavy atom. The number of amides is 3. The third-order valence-electron chi connectivity index (χ3n) is 2.92. The van der Waals surface area contributed by atoms with Gasteiger partial charge >= 0.3 is 12.0 Å². The number of hydrogen-bond acceptors (Lipinski definition) is 6. The van der Waals surface area contributed by atoms with Gasteiger partial charge < -0.3 is 19.5 Å². The molecule has 0 atom stereocenters. The van der Waals surface area contributed by atoms with Gasteiger partial charge in [0.15, 0.2) is 18.1 Å². The maximum absolute atomic E-state index is 11.6. The minimum absolute atomic E-state index is 0.137. The van der Waals surface area contributed by atoms with Crippen molar-refractivity contribution in [2.75, 3.05) is 20.3 Å². The molecular formula is C15H15IN2O6. The molecule has 1 aromatic rings. The molecule has 2 N–H and O–H groups in total. The van der Waals surface area contributed by atoms with Crippen molar-refractivity contribution in [1.29, 1.82) is 0 Å². The van der Waals surface area contributed by atoms with Crippen LogP contribution in [0.1, 0.15) is 12.5 Å². The molecule has 128 valence electrons. The zero-order valence-electron chi connectivity index (χ0n) is 13.0. The summed E-state index contributed by atoms with van der Waals surface area (Å²) in [5.41, 5.74) is 0.769. The molecule has 0 spiro atoms. The number of carbonyl (C=O) groups excluding carboxylic acids is 3. The number of imide groups is 1. The SMILES string of the molecule is CCOC(=O)COc1c(I)cc(/C=C2\NC(=O)NC2=O)cc1OC. The summed E-state index contributed by atoms with van der Waals surface area (Å²) in [5.74, 6) is -0.195. The number of esters is 1. The molecule has 1 aliphatic heterocycles. The fourth-order valence-electron chi connectivity index (χ4n) is 1.95. The highest BCUT2D eigenvalue weighted by atomic mass is 127. The highest BCUT2D eigenvalue weighted by Gasteiger charge is 2.23. The van der Waals surface area contributed by atoms with Crippen LogP contribution in [0, 0.1) is 3.57 Å². The molecule has 0 bridgehead atoms. The summed E-state index contributed by atoms with van der Waals surface area (Å²) >= 11 is 2.02. The minimum atomic E-state index is -0.567. The van der Waals surface area contributed by atoms with E-state index in [-0.39, 0.29) is 18.9 Å². The van der Waals surface area contributed by atoms with Crippen LogP contribution < -0.4 is 20.1 Å². The molecule has 1 aromatic carbocycles. The Morgan fingerprint density at radius 3 is 2.62 bits per heavy atom. The van der Waals surface area contributed by atoms with E-state index in [1.165, 1.54) is 13.2 Å². The van der Waals surface area contributed by atoms with E-state index in [0.29, 0.717) is 20.6 Å². The van der Waals surface area contributed by atoms with Crippen molar-refractivity contribution < 1.29 is 28.6 Å². The number of rotatable bonds is 6. The number of ether oxygens (including phenoxy) is 3. The first-order valence-electron chi connectivity index (χ1n) is 6.94. The van der Waals surface area contributed by atoms with E-state index in [1.54, 1.807) is 19.1 Å².